The fourth-order valence-corrected chi connectivity index (χ4v) is 3.67. The molecule has 0 radical (unpaired) electrons. The molecule has 138 valence electrons. The summed E-state index contributed by atoms with van der Waals surface area (Å²) in [6.07, 6.45) is 4.23. The van der Waals surface area contributed by atoms with E-state index in [1.54, 1.807) is 0 Å². The Balaban J connectivity index is 1.55. The highest BCUT2D eigenvalue weighted by molar-refractivity contribution is 5.76. The molecule has 2 fully saturated rings. The van der Waals surface area contributed by atoms with Crippen LogP contribution in [0, 0.1) is 0 Å². The summed E-state index contributed by atoms with van der Waals surface area (Å²) in [5.41, 5.74) is 1.27. The highest BCUT2D eigenvalue weighted by Gasteiger charge is 2.30. The lowest BCUT2D eigenvalue weighted by Crippen LogP contribution is -2.39. The summed E-state index contributed by atoms with van der Waals surface area (Å²) in [5.74, 6) is 1.28. The minimum Gasteiger partial charge on any atom is -0.491 e. The van der Waals surface area contributed by atoms with Gasteiger partial charge in [-0.25, -0.2) is 0 Å². The van der Waals surface area contributed by atoms with Gasteiger partial charge in [0.05, 0.1) is 25.7 Å². The molecule has 1 aromatic carbocycles. The first-order valence-electron chi connectivity index (χ1n) is 9.41. The Morgan fingerprint density at radius 1 is 1.16 bits per heavy atom. The lowest BCUT2D eigenvalue weighted by Gasteiger charge is -2.25. The van der Waals surface area contributed by atoms with Gasteiger partial charge in [-0.15, -0.1) is 0 Å². The molecule has 1 saturated heterocycles. The number of rotatable bonds is 6. The van der Waals surface area contributed by atoms with Gasteiger partial charge in [0.2, 0.25) is 5.91 Å². The largest absolute Gasteiger partial charge is 0.491 e. The number of benzene rings is 1. The number of nitrogens with one attached hydrogen (secondary N) is 1. The Hall–Kier alpha value is -1.59. The Morgan fingerprint density at radius 2 is 1.88 bits per heavy atom. The number of hydrogen-bond donors (Lipinski definition) is 1. The van der Waals surface area contributed by atoms with Crippen molar-refractivity contribution in [2.75, 3.05) is 13.2 Å². The summed E-state index contributed by atoms with van der Waals surface area (Å²) in [6, 6.07) is 8.49. The fourth-order valence-electron chi connectivity index (χ4n) is 3.67. The molecule has 2 aliphatic rings. The average Bonchev–Trinajstić information content (AvgIpc) is 3.04. The normalized spacial score (nSPS) is 24.4. The predicted molar refractivity (Wildman–Crippen MR) is 95.7 cm³/mol. The molecule has 5 nitrogen and oxygen atoms in total. The first-order valence-corrected chi connectivity index (χ1v) is 9.41. The standard InChI is InChI=1S/C20H29NO4/c1-14(2)25-16-9-7-15(8-10-16)17-5-3-6-18(17)21-19(22)13-20-23-11-4-12-24-20/h7-10,14,17-18,20H,3-6,11-13H2,1-2H3,(H,21,22)/t17-,18+/m0/s1. The molecule has 0 aromatic heterocycles. The molecule has 0 spiro atoms. The van der Waals surface area contributed by atoms with Gasteiger partial charge in [-0.3, -0.25) is 4.79 Å². The van der Waals surface area contributed by atoms with E-state index in [0.717, 1.165) is 31.4 Å². The van der Waals surface area contributed by atoms with Crippen molar-refractivity contribution in [2.45, 2.75) is 70.3 Å². The van der Waals surface area contributed by atoms with E-state index >= 15 is 0 Å². The van der Waals surface area contributed by atoms with Gasteiger partial charge in [0, 0.05) is 12.0 Å². The van der Waals surface area contributed by atoms with Crippen molar-refractivity contribution < 1.29 is 19.0 Å². The van der Waals surface area contributed by atoms with Crippen molar-refractivity contribution in [3.05, 3.63) is 29.8 Å². The molecule has 1 aliphatic carbocycles. The van der Waals surface area contributed by atoms with Crippen LogP contribution < -0.4 is 10.1 Å². The van der Waals surface area contributed by atoms with E-state index in [2.05, 4.69) is 17.4 Å². The van der Waals surface area contributed by atoms with Gasteiger partial charge in [-0.2, -0.15) is 0 Å². The van der Waals surface area contributed by atoms with Gasteiger partial charge in [-0.05, 0) is 50.8 Å². The lowest BCUT2D eigenvalue weighted by molar-refractivity contribution is -0.184. The molecule has 1 saturated carbocycles. The quantitative estimate of drug-likeness (QED) is 0.857. The Morgan fingerprint density at radius 3 is 2.56 bits per heavy atom. The highest BCUT2D eigenvalue weighted by atomic mass is 16.7. The molecule has 3 rings (SSSR count). The Bertz CT molecular complexity index is 551. The summed E-state index contributed by atoms with van der Waals surface area (Å²) in [7, 11) is 0. The van der Waals surface area contributed by atoms with E-state index in [4.69, 9.17) is 14.2 Å². The fraction of sp³-hybridized carbons (Fsp3) is 0.650. The van der Waals surface area contributed by atoms with Crippen molar-refractivity contribution in [3.8, 4) is 5.75 Å². The maximum Gasteiger partial charge on any atom is 0.225 e. The number of carbonyl (C=O) groups excluding carboxylic acids is 1. The minimum absolute atomic E-state index is 0.0172. The molecule has 5 heteroatoms. The van der Waals surface area contributed by atoms with Crippen LogP contribution >= 0.6 is 0 Å². The van der Waals surface area contributed by atoms with E-state index < -0.39 is 0 Å². The summed E-state index contributed by atoms with van der Waals surface area (Å²) < 4.78 is 16.7. The summed E-state index contributed by atoms with van der Waals surface area (Å²) in [4.78, 5) is 12.3. The molecule has 2 atom stereocenters. The molecular formula is C20H29NO4. The number of amides is 1. The first-order chi connectivity index (χ1) is 12.1. The van der Waals surface area contributed by atoms with Crippen molar-refractivity contribution in [1.29, 1.82) is 0 Å². The predicted octanol–water partition coefficient (Wildman–Crippen LogP) is 3.38. The van der Waals surface area contributed by atoms with Crippen LogP contribution in [0.5, 0.6) is 5.75 Å². The van der Waals surface area contributed by atoms with E-state index in [1.807, 2.05) is 26.0 Å². The van der Waals surface area contributed by atoms with E-state index in [0.29, 0.717) is 19.1 Å². The maximum atomic E-state index is 12.3. The van der Waals surface area contributed by atoms with Crippen molar-refractivity contribution in [1.82, 2.24) is 5.32 Å². The summed E-state index contributed by atoms with van der Waals surface area (Å²) in [5, 5.41) is 3.19. The Labute approximate surface area is 150 Å². The second-order valence-electron chi connectivity index (χ2n) is 7.18. The SMILES string of the molecule is CC(C)Oc1ccc([C@@H]2CCC[C@H]2NC(=O)CC2OCCCO2)cc1. The number of carbonyl (C=O) groups is 1. The van der Waals surface area contributed by atoms with E-state index in [1.165, 1.54) is 5.56 Å². The first kappa shape index (κ1) is 18.2. The third-order valence-corrected chi connectivity index (χ3v) is 4.79. The molecule has 1 N–H and O–H groups in total. The minimum atomic E-state index is -0.388. The van der Waals surface area contributed by atoms with Gasteiger partial charge >= 0.3 is 0 Å². The second-order valence-corrected chi connectivity index (χ2v) is 7.18. The molecule has 1 aliphatic heterocycles. The van der Waals surface area contributed by atoms with Crippen molar-refractivity contribution in [2.24, 2.45) is 0 Å². The highest BCUT2D eigenvalue weighted by Crippen LogP contribution is 2.35. The van der Waals surface area contributed by atoms with E-state index in [-0.39, 0.29) is 30.8 Å². The van der Waals surface area contributed by atoms with Crippen molar-refractivity contribution in [3.63, 3.8) is 0 Å². The van der Waals surface area contributed by atoms with Crippen LogP contribution in [-0.4, -0.2) is 37.6 Å². The van der Waals surface area contributed by atoms with Crippen LogP contribution in [0.2, 0.25) is 0 Å². The zero-order valence-electron chi connectivity index (χ0n) is 15.2. The van der Waals surface area contributed by atoms with Crippen LogP contribution in [0.15, 0.2) is 24.3 Å². The van der Waals surface area contributed by atoms with Crippen molar-refractivity contribution >= 4 is 5.91 Å². The molecule has 1 aromatic rings. The summed E-state index contributed by atoms with van der Waals surface area (Å²) in [6.45, 7) is 5.40. The van der Waals surface area contributed by atoms with Crippen LogP contribution in [0.4, 0.5) is 0 Å². The van der Waals surface area contributed by atoms with Crippen LogP contribution in [-0.2, 0) is 14.3 Å². The number of hydrogen-bond acceptors (Lipinski definition) is 4. The van der Waals surface area contributed by atoms with Gasteiger partial charge in [-0.1, -0.05) is 18.6 Å². The molecule has 1 heterocycles. The monoisotopic (exact) mass is 347 g/mol. The maximum absolute atomic E-state index is 12.3. The molecular weight excluding hydrogens is 318 g/mol. The zero-order valence-corrected chi connectivity index (χ0v) is 15.2. The summed E-state index contributed by atoms with van der Waals surface area (Å²) >= 11 is 0. The topological polar surface area (TPSA) is 56.8 Å². The van der Waals surface area contributed by atoms with Gasteiger partial charge in [0.25, 0.3) is 0 Å². The average molecular weight is 347 g/mol. The zero-order chi connectivity index (χ0) is 17.6. The smallest absolute Gasteiger partial charge is 0.225 e. The molecule has 1 amide bonds. The van der Waals surface area contributed by atoms with Gasteiger partial charge < -0.3 is 19.5 Å². The van der Waals surface area contributed by atoms with Crippen LogP contribution in [0.1, 0.15) is 57.4 Å². The van der Waals surface area contributed by atoms with Gasteiger partial charge in [0.15, 0.2) is 6.29 Å². The molecule has 25 heavy (non-hydrogen) atoms. The second kappa shape index (κ2) is 8.68. The third kappa shape index (κ3) is 5.19. The third-order valence-electron chi connectivity index (χ3n) is 4.79. The van der Waals surface area contributed by atoms with Crippen LogP contribution in [0.3, 0.4) is 0 Å². The molecule has 0 unspecified atom stereocenters. The van der Waals surface area contributed by atoms with Gasteiger partial charge in [0.1, 0.15) is 5.75 Å². The van der Waals surface area contributed by atoms with E-state index in [9.17, 15) is 4.79 Å². The Kier molecular flexibility index (Phi) is 6.32. The van der Waals surface area contributed by atoms with Crippen LogP contribution in [0.25, 0.3) is 0 Å². The molecule has 0 bridgehead atoms. The lowest BCUT2D eigenvalue weighted by atomic mass is 9.94. The number of ether oxygens (including phenoxy) is 3.